The third kappa shape index (κ3) is 4.02. The van der Waals surface area contributed by atoms with E-state index in [1.807, 2.05) is 57.8 Å². The maximum absolute atomic E-state index is 13.7. The monoisotopic (exact) mass is 463 g/mol. The molecule has 160 valence electrons. The quantitative estimate of drug-likeness (QED) is 0.323. The van der Waals surface area contributed by atoms with E-state index in [-0.39, 0.29) is 11.7 Å². The van der Waals surface area contributed by atoms with Crippen LogP contribution in [0, 0.1) is 5.82 Å². The third-order valence-electron chi connectivity index (χ3n) is 5.08. The number of aromatic nitrogens is 2. The van der Waals surface area contributed by atoms with Crippen LogP contribution < -0.4 is 10.1 Å². The molecule has 2 aromatic carbocycles. The van der Waals surface area contributed by atoms with Crippen molar-refractivity contribution in [2.45, 2.75) is 6.54 Å². The summed E-state index contributed by atoms with van der Waals surface area (Å²) in [4.78, 5) is 17.7. The first-order chi connectivity index (χ1) is 15.6. The van der Waals surface area contributed by atoms with E-state index >= 15 is 0 Å². The number of amides is 1. The minimum atomic E-state index is -0.296. The number of rotatable bonds is 6. The Morgan fingerprint density at radius 2 is 2.00 bits per heavy atom. The molecular formula is C24H18FN3O2S2. The number of carbonyl (C=O) groups is 1. The molecule has 5 rings (SSSR count). The van der Waals surface area contributed by atoms with Crippen molar-refractivity contribution in [3.05, 3.63) is 88.5 Å². The van der Waals surface area contributed by atoms with Gasteiger partial charge in [0.25, 0.3) is 5.91 Å². The topological polar surface area (TPSA) is 56.1 Å². The number of hydrogen-bond donors (Lipinski definition) is 1. The zero-order valence-corrected chi connectivity index (χ0v) is 18.7. The summed E-state index contributed by atoms with van der Waals surface area (Å²) in [5, 5.41) is 7.30. The molecule has 0 radical (unpaired) electrons. The molecule has 0 fully saturated rings. The molecule has 32 heavy (non-hydrogen) atoms. The number of thiophene rings is 1. The van der Waals surface area contributed by atoms with Crippen LogP contribution in [-0.4, -0.2) is 22.6 Å². The van der Waals surface area contributed by atoms with E-state index in [2.05, 4.69) is 10.3 Å². The molecule has 3 heterocycles. The number of methoxy groups -OCH3 is 1. The van der Waals surface area contributed by atoms with Gasteiger partial charge in [0.15, 0.2) is 5.13 Å². The number of fused-ring (bicyclic) bond motifs is 1. The van der Waals surface area contributed by atoms with Crippen LogP contribution in [0.5, 0.6) is 5.75 Å². The molecule has 0 saturated carbocycles. The summed E-state index contributed by atoms with van der Waals surface area (Å²) in [7, 11) is 1.62. The number of benzene rings is 2. The number of halogens is 1. The van der Waals surface area contributed by atoms with Crippen molar-refractivity contribution in [1.82, 2.24) is 9.55 Å². The van der Waals surface area contributed by atoms with Gasteiger partial charge in [0.1, 0.15) is 17.3 Å². The standard InChI is InChI=1S/C24H18FN3O2S2/c1-30-18-7-3-5-16(11-18)19-14-32-24(26-19)27-23(29)21-12-22-20(8-9-31-22)28(21)13-15-4-2-6-17(25)10-15/h2-12,14H,13H2,1H3,(H,26,27,29). The predicted octanol–water partition coefficient (Wildman–Crippen LogP) is 6.27. The van der Waals surface area contributed by atoms with Crippen LogP contribution in [0.25, 0.3) is 21.5 Å². The van der Waals surface area contributed by atoms with Crippen LogP contribution in [0.2, 0.25) is 0 Å². The van der Waals surface area contributed by atoms with Gasteiger partial charge in [-0.2, -0.15) is 0 Å². The molecule has 1 N–H and O–H groups in total. The molecule has 1 amide bonds. The van der Waals surface area contributed by atoms with Crippen molar-refractivity contribution in [1.29, 1.82) is 0 Å². The van der Waals surface area contributed by atoms with Gasteiger partial charge in [-0.05, 0) is 47.3 Å². The van der Waals surface area contributed by atoms with Crippen molar-refractivity contribution in [2.75, 3.05) is 12.4 Å². The molecule has 0 aliphatic heterocycles. The highest BCUT2D eigenvalue weighted by Crippen LogP contribution is 2.30. The number of nitrogens with zero attached hydrogens (tertiary/aromatic N) is 2. The molecule has 0 atom stereocenters. The van der Waals surface area contributed by atoms with Crippen LogP contribution in [0.1, 0.15) is 16.1 Å². The molecule has 0 aliphatic rings. The number of thiazole rings is 1. The minimum Gasteiger partial charge on any atom is -0.497 e. The molecule has 0 saturated heterocycles. The molecule has 8 heteroatoms. The highest BCUT2D eigenvalue weighted by atomic mass is 32.1. The number of nitrogens with one attached hydrogen (secondary N) is 1. The van der Waals surface area contributed by atoms with Crippen molar-refractivity contribution < 1.29 is 13.9 Å². The Labute approximate surface area is 191 Å². The third-order valence-corrected chi connectivity index (χ3v) is 6.69. The predicted molar refractivity (Wildman–Crippen MR) is 127 cm³/mol. The smallest absolute Gasteiger partial charge is 0.274 e. The summed E-state index contributed by atoms with van der Waals surface area (Å²) in [5.74, 6) is 0.197. The number of anilines is 1. The Bertz CT molecular complexity index is 1420. The zero-order valence-electron chi connectivity index (χ0n) is 17.0. The molecule has 0 spiro atoms. The molecule has 0 unspecified atom stereocenters. The summed E-state index contributed by atoms with van der Waals surface area (Å²) >= 11 is 2.93. The van der Waals surface area contributed by atoms with E-state index in [1.54, 1.807) is 24.5 Å². The summed E-state index contributed by atoms with van der Waals surface area (Å²) in [6.07, 6.45) is 0. The molecule has 0 bridgehead atoms. The van der Waals surface area contributed by atoms with Crippen LogP contribution in [-0.2, 0) is 6.54 Å². The summed E-state index contributed by atoms with van der Waals surface area (Å²) in [6.45, 7) is 0.397. The minimum absolute atomic E-state index is 0.253. The van der Waals surface area contributed by atoms with Gasteiger partial charge in [-0.15, -0.1) is 22.7 Å². The Morgan fingerprint density at radius 3 is 2.84 bits per heavy atom. The van der Waals surface area contributed by atoms with Crippen molar-refractivity contribution in [2.24, 2.45) is 0 Å². The second-order valence-electron chi connectivity index (χ2n) is 7.14. The summed E-state index contributed by atoms with van der Waals surface area (Å²) in [6, 6.07) is 17.9. The second kappa shape index (κ2) is 8.57. The first-order valence-electron chi connectivity index (χ1n) is 9.83. The van der Waals surface area contributed by atoms with Gasteiger partial charge in [-0.25, -0.2) is 9.37 Å². The van der Waals surface area contributed by atoms with Gasteiger partial charge < -0.3 is 9.30 Å². The lowest BCUT2D eigenvalue weighted by atomic mass is 10.2. The van der Waals surface area contributed by atoms with Gasteiger partial charge in [-0.1, -0.05) is 24.3 Å². The van der Waals surface area contributed by atoms with E-state index < -0.39 is 0 Å². The van der Waals surface area contributed by atoms with Crippen LogP contribution >= 0.6 is 22.7 Å². The SMILES string of the molecule is COc1cccc(-c2csc(NC(=O)c3cc4sccc4n3Cc3cccc(F)c3)n2)c1. The fourth-order valence-electron chi connectivity index (χ4n) is 3.56. The summed E-state index contributed by atoms with van der Waals surface area (Å²) in [5.41, 5.74) is 3.92. The van der Waals surface area contributed by atoms with Crippen LogP contribution in [0.15, 0.2) is 71.4 Å². The Kier molecular flexibility index (Phi) is 5.46. The van der Waals surface area contributed by atoms with E-state index in [1.165, 1.54) is 23.5 Å². The lowest BCUT2D eigenvalue weighted by Crippen LogP contribution is -2.17. The normalized spacial score (nSPS) is 11.1. The van der Waals surface area contributed by atoms with Crippen molar-refractivity contribution in [3.63, 3.8) is 0 Å². The molecule has 5 nitrogen and oxygen atoms in total. The van der Waals surface area contributed by atoms with E-state index in [0.717, 1.165) is 32.8 Å². The fourth-order valence-corrected chi connectivity index (χ4v) is 5.10. The van der Waals surface area contributed by atoms with E-state index in [4.69, 9.17) is 4.74 Å². The first-order valence-corrected chi connectivity index (χ1v) is 11.6. The van der Waals surface area contributed by atoms with Gasteiger partial charge in [0, 0.05) is 17.5 Å². The largest absolute Gasteiger partial charge is 0.497 e. The van der Waals surface area contributed by atoms with Gasteiger partial charge >= 0.3 is 0 Å². The average molecular weight is 464 g/mol. The highest BCUT2D eigenvalue weighted by molar-refractivity contribution is 7.17. The molecule has 3 aromatic heterocycles. The Morgan fingerprint density at radius 1 is 1.12 bits per heavy atom. The van der Waals surface area contributed by atoms with Crippen molar-refractivity contribution >= 4 is 43.9 Å². The number of ether oxygens (including phenoxy) is 1. The van der Waals surface area contributed by atoms with Crippen LogP contribution in [0.3, 0.4) is 0 Å². The lowest BCUT2D eigenvalue weighted by molar-refractivity contribution is 0.101. The van der Waals surface area contributed by atoms with E-state index in [0.29, 0.717) is 17.4 Å². The molecular weight excluding hydrogens is 445 g/mol. The van der Waals surface area contributed by atoms with E-state index in [9.17, 15) is 9.18 Å². The average Bonchev–Trinajstić information content (AvgIpc) is 3.52. The second-order valence-corrected chi connectivity index (χ2v) is 8.95. The lowest BCUT2D eigenvalue weighted by Gasteiger charge is -2.10. The van der Waals surface area contributed by atoms with Gasteiger partial charge in [0.05, 0.1) is 23.0 Å². The van der Waals surface area contributed by atoms with Gasteiger partial charge in [0.2, 0.25) is 0 Å². The summed E-state index contributed by atoms with van der Waals surface area (Å²) < 4.78 is 21.9. The fraction of sp³-hybridized carbons (Fsp3) is 0.0833. The molecule has 5 aromatic rings. The Hall–Kier alpha value is -3.49. The van der Waals surface area contributed by atoms with Crippen molar-refractivity contribution in [3.8, 4) is 17.0 Å². The van der Waals surface area contributed by atoms with Crippen LogP contribution in [0.4, 0.5) is 9.52 Å². The Balaban J connectivity index is 1.42. The number of carbonyl (C=O) groups excluding carboxylic acids is 1. The van der Waals surface area contributed by atoms with Gasteiger partial charge in [-0.3, -0.25) is 10.1 Å². The maximum atomic E-state index is 13.7. The first kappa shape index (κ1) is 20.4. The zero-order chi connectivity index (χ0) is 22.1. The maximum Gasteiger partial charge on any atom is 0.274 e. The number of hydrogen-bond acceptors (Lipinski definition) is 5. The highest BCUT2D eigenvalue weighted by Gasteiger charge is 2.18. The molecule has 0 aliphatic carbocycles.